The Kier molecular flexibility index (Phi) is 8.05. The molecule has 3 heterocycles. The SMILES string of the molecule is CCOCCCNC(=O)CN1CC2(CCN(C(=O)C(C)C)CC2)CC1c1nc(C)no1. The van der Waals surface area contributed by atoms with Crippen LogP contribution in [-0.2, 0) is 14.3 Å². The zero-order valence-corrected chi connectivity index (χ0v) is 19.4. The summed E-state index contributed by atoms with van der Waals surface area (Å²) in [5.74, 6) is 1.44. The number of carbonyl (C=O) groups excluding carboxylic acids is 2. The summed E-state index contributed by atoms with van der Waals surface area (Å²) in [6.45, 7) is 12.3. The molecule has 31 heavy (non-hydrogen) atoms. The summed E-state index contributed by atoms with van der Waals surface area (Å²) < 4.78 is 10.8. The van der Waals surface area contributed by atoms with E-state index in [9.17, 15) is 9.59 Å². The van der Waals surface area contributed by atoms with Crippen LogP contribution in [0, 0.1) is 18.3 Å². The number of likely N-dealkylation sites (tertiary alicyclic amines) is 2. The van der Waals surface area contributed by atoms with Gasteiger partial charge >= 0.3 is 0 Å². The Bertz CT molecular complexity index is 742. The van der Waals surface area contributed by atoms with E-state index in [0.717, 1.165) is 45.3 Å². The number of nitrogens with zero attached hydrogens (tertiary/aromatic N) is 4. The largest absolute Gasteiger partial charge is 0.382 e. The lowest BCUT2D eigenvalue weighted by Crippen LogP contribution is -2.46. The van der Waals surface area contributed by atoms with Gasteiger partial charge in [-0.25, -0.2) is 0 Å². The number of aromatic nitrogens is 2. The lowest BCUT2D eigenvalue weighted by atomic mass is 9.76. The van der Waals surface area contributed by atoms with E-state index in [1.165, 1.54) is 0 Å². The summed E-state index contributed by atoms with van der Waals surface area (Å²) in [7, 11) is 0. The second kappa shape index (κ2) is 10.5. The number of nitrogens with one attached hydrogen (secondary N) is 1. The van der Waals surface area contributed by atoms with Crippen LogP contribution in [-0.4, -0.2) is 77.7 Å². The van der Waals surface area contributed by atoms with E-state index in [1.807, 2.05) is 32.6 Å². The van der Waals surface area contributed by atoms with Crippen molar-refractivity contribution in [1.29, 1.82) is 0 Å². The van der Waals surface area contributed by atoms with Crippen LogP contribution in [0.5, 0.6) is 0 Å². The highest BCUT2D eigenvalue weighted by atomic mass is 16.5. The lowest BCUT2D eigenvalue weighted by molar-refractivity contribution is -0.136. The molecule has 2 fully saturated rings. The van der Waals surface area contributed by atoms with Crippen LogP contribution in [0.1, 0.15) is 64.2 Å². The van der Waals surface area contributed by atoms with Crippen molar-refractivity contribution in [3.05, 3.63) is 11.7 Å². The molecule has 2 saturated heterocycles. The van der Waals surface area contributed by atoms with Gasteiger partial charge in [0.25, 0.3) is 0 Å². The van der Waals surface area contributed by atoms with Crippen LogP contribution in [0.4, 0.5) is 0 Å². The highest BCUT2D eigenvalue weighted by Gasteiger charge is 2.48. The fourth-order valence-electron chi connectivity index (χ4n) is 4.72. The topological polar surface area (TPSA) is 101 Å². The molecule has 2 aliphatic heterocycles. The molecule has 0 aliphatic carbocycles. The van der Waals surface area contributed by atoms with Crippen molar-refractivity contribution in [2.24, 2.45) is 11.3 Å². The minimum atomic E-state index is -0.0669. The van der Waals surface area contributed by atoms with E-state index in [-0.39, 0.29) is 29.2 Å². The standard InChI is InChI=1S/C22H37N5O4/c1-5-30-12-6-9-23-19(28)14-27-15-22(13-18(27)20-24-17(4)25-31-20)7-10-26(11-8-22)21(29)16(2)3/h16,18H,5-15H2,1-4H3,(H,23,28). The molecule has 9 heteroatoms. The van der Waals surface area contributed by atoms with Crippen molar-refractivity contribution in [3.8, 4) is 0 Å². The molecule has 0 bridgehead atoms. The van der Waals surface area contributed by atoms with E-state index >= 15 is 0 Å². The molecule has 1 atom stereocenters. The van der Waals surface area contributed by atoms with Crippen molar-refractivity contribution in [2.45, 2.75) is 59.4 Å². The van der Waals surface area contributed by atoms with Gasteiger partial charge in [-0.15, -0.1) is 0 Å². The monoisotopic (exact) mass is 435 g/mol. The molecule has 2 amide bonds. The summed E-state index contributed by atoms with van der Waals surface area (Å²) in [5.41, 5.74) is 0.0655. The van der Waals surface area contributed by atoms with E-state index in [1.54, 1.807) is 0 Å². The van der Waals surface area contributed by atoms with Crippen LogP contribution < -0.4 is 5.32 Å². The maximum absolute atomic E-state index is 12.6. The van der Waals surface area contributed by atoms with Gasteiger partial charge in [0.15, 0.2) is 5.82 Å². The zero-order valence-electron chi connectivity index (χ0n) is 19.4. The highest BCUT2D eigenvalue weighted by Crippen LogP contribution is 2.48. The van der Waals surface area contributed by atoms with E-state index in [2.05, 4.69) is 20.4 Å². The Balaban J connectivity index is 1.62. The predicted molar refractivity (Wildman–Crippen MR) is 115 cm³/mol. The minimum absolute atomic E-state index is 0.00204. The van der Waals surface area contributed by atoms with Gasteiger partial charge < -0.3 is 19.5 Å². The third-order valence-corrected chi connectivity index (χ3v) is 6.40. The first kappa shape index (κ1) is 23.7. The molecular weight excluding hydrogens is 398 g/mol. The van der Waals surface area contributed by atoms with Gasteiger partial charge in [0, 0.05) is 45.3 Å². The fourth-order valence-corrected chi connectivity index (χ4v) is 4.72. The van der Waals surface area contributed by atoms with Crippen LogP contribution in [0.25, 0.3) is 0 Å². The van der Waals surface area contributed by atoms with Crippen molar-refractivity contribution in [2.75, 3.05) is 45.9 Å². The van der Waals surface area contributed by atoms with Crippen LogP contribution >= 0.6 is 0 Å². The van der Waals surface area contributed by atoms with Gasteiger partial charge in [-0.1, -0.05) is 19.0 Å². The van der Waals surface area contributed by atoms with Crippen molar-refractivity contribution >= 4 is 11.8 Å². The first-order valence-corrected chi connectivity index (χ1v) is 11.5. The third kappa shape index (κ3) is 6.04. The Labute approximate surface area is 184 Å². The molecule has 0 radical (unpaired) electrons. The van der Waals surface area contributed by atoms with Crippen molar-refractivity contribution in [3.63, 3.8) is 0 Å². The Morgan fingerprint density at radius 1 is 1.32 bits per heavy atom. The molecule has 174 valence electrons. The predicted octanol–water partition coefficient (Wildman–Crippen LogP) is 1.93. The number of amides is 2. The van der Waals surface area contributed by atoms with Crippen LogP contribution in [0.3, 0.4) is 0 Å². The lowest BCUT2D eigenvalue weighted by Gasteiger charge is -2.40. The van der Waals surface area contributed by atoms with Gasteiger partial charge in [0.05, 0.1) is 12.6 Å². The van der Waals surface area contributed by atoms with Gasteiger partial charge in [0.1, 0.15) is 0 Å². The first-order chi connectivity index (χ1) is 14.8. The number of aryl methyl sites for hydroxylation is 1. The van der Waals surface area contributed by atoms with E-state index in [4.69, 9.17) is 9.26 Å². The molecule has 3 rings (SSSR count). The van der Waals surface area contributed by atoms with E-state index < -0.39 is 0 Å². The molecule has 0 aromatic carbocycles. The second-order valence-electron chi connectivity index (χ2n) is 9.19. The number of ether oxygens (including phenoxy) is 1. The summed E-state index contributed by atoms with van der Waals surface area (Å²) >= 11 is 0. The molecular formula is C22H37N5O4. The summed E-state index contributed by atoms with van der Waals surface area (Å²) in [6, 6.07) is -0.0669. The Morgan fingerprint density at radius 2 is 2.06 bits per heavy atom. The smallest absolute Gasteiger partial charge is 0.244 e. The van der Waals surface area contributed by atoms with Gasteiger partial charge in [-0.2, -0.15) is 4.98 Å². The molecule has 1 aromatic rings. The van der Waals surface area contributed by atoms with Crippen LogP contribution in [0.2, 0.25) is 0 Å². The average Bonchev–Trinajstić information content (AvgIpc) is 3.31. The molecule has 1 N–H and O–H groups in total. The molecule has 2 aliphatic rings. The normalized spacial score (nSPS) is 21.2. The number of carbonyl (C=O) groups is 2. The Hall–Kier alpha value is -2.00. The number of hydrogen-bond donors (Lipinski definition) is 1. The second-order valence-corrected chi connectivity index (χ2v) is 9.19. The van der Waals surface area contributed by atoms with Crippen molar-refractivity contribution in [1.82, 2.24) is 25.3 Å². The third-order valence-electron chi connectivity index (χ3n) is 6.40. The van der Waals surface area contributed by atoms with Gasteiger partial charge in [-0.05, 0) is 44.9 Å². The highest BCUT2D eigenvalue weighted by molar-refractivity contribution is 5.78. The first-order valence-electron chi connectivity index (χ1n) is 11.5. The van der Waals surface area contributed by atoms with Gasteiger partial charge in [0.2, 0.25) is 17.7 Å². The van der Waals surface area contributed by atoms with Gasteiger partial charge in [-0.3, -0.25) is 14.5 Å². The minimum Gasteiger partial charge on any atom is -0.382 e. The summed E-state index contributed by atoms with van der Waals surface area (Å²) in [4.78, 5) is 33.6. The summed E-state index contributed by atoms with van der Waals surface area (Å²) in [5, 5.41) is 6.95. The summed E-state index contributed by atoms with van der Waals surface area (Å²) in [6.07, 6.45) is 3.54. The molecule has 0 saturated carbocycles. The van der Waals surface area contributed by atoms with Crippen LogP contribution in [0.15, 0.2) is 4.52 Å². The molecule has 9 nitrogen and oxygen atoms in total. The molecule has 1 aromatic heterocycles. The average molecular weight is 436 g/mol. The number of piperidine rings is 1. The number of hydrogen-bond acceptors (Lipinski definition) is 7. The fraction of sp³-hybridized carbons (Fsp3) is 0.818. The maximum Gasteiger partial charge on any atom is 0.244 e. The quantitative estimate of drug-likeness (QED) is 0.592. The number of rotatable bonds is 9. The molecule has 1 spiro atoms. The zero-order chi connectivity index (χ0) is 22.4. The maximum atomic E-state index is 12.6. The van der Waals surface area contributed by atoms with Crippen molar-refractivity contribution < 1.29 is 18.8 Å². The Morgan fingerprint density at radius 3 is 2.68 bits per heavy atom. The molecule has 1 unspecified atom stereocenters. The van der Waals surface area contributed by atoms with E-state index in [0.29, 0.717) is 38.0 Å².